The summed E-state index contributed by atoms with van der Waals surface area (Å²) in [6.45, 7) is 14.5. The second-order valence-corrected chi connectivity index (χ2v) is 29.5. The molecule has 28 nitrogen and oxygen atoms in total. The van der Waals surface area contributed by atoms with Gasteiger partial charge in [0.1, 0.15) is 43.2 Å². The largest absolute Gasteiger partial charge is 0.465 e. The minimum Gasteiger partial charge on any atom is -0.465 e. The summed E-state index contributed by atoms with van der Waals surface area (Å²) in [5.41, 5.74) is 0.0337. The molecule has 21 atom stereocenters. The summed E-state index contributed by atoms with van der Waals surface area (Å²) in [5.74, 6) is -4.77. The second kappa shape index (κ2) is 35.1. The maximum Gasteiger partial charge on any atom is 0.397 e. The number of carbonyl (C=O) groups excluding carboxylic acids is 3. The van der Waals surface area contributed by atoms with Crippen LogP contribution in [0.5, 0.6) is 0 Å². The number of esters is 2. The lowest BCUT2D eigenvalue weighted by Crippen LogP contribution is -2.60. The van der Waals surface area contributed by atoms with Gasteiger partial charge in [-0.05, 0) is 120 Å². The van der Waals surface area contributed by atoms with Crippen molar-refractivity contribution in [3.8, 4) is 0 Å². The van der Waals surface area contributed by atoms with Crippen molar-refractivity contribution in [2.45, 2.75) is 272 Å². The summed E-state index contributed by atoms with van der Waals surface area (Å²) >= 11 is 0. The van der Waals surface area contributed by atoms with E-state index in [1.807, 2.05) is 26.0 Å². The second-order valence-electron chi connectivity index (χ2n) is 27.3. The molecular formula is C66H103NO27S2. The van der Waals surface area contributed by atoms with Gasteiger partial charge in [0.05, 0.1) is 75.1 Å². The van der Waals surface area contributed by atoms with E-state index >= 15 is 0 Å². The fourth-order valence-electron chi connectivity index (χ4n) is 13.7. The zero-order chi connectivity index (χ0) is 70.4. The molecule has 7 aliphatic heterocycles. The van der Waals surface area contributed by atoms with Crippen LogP contribution in [-0.4, -0.2) is 221 Å². The topological polar surface area (TPSA) is 415 Å². The Bertz CT molecular complexity index is 2980. The number of ether oxygens (including phenoxy) is 9. The van der Waals surface area contributed by atoms with Gasteiger partial charge in [0, 0.05) is 57.4 Å². The van der Waals surface area contributed by atoms with Gasteiger partial charge in [-0.1, -0.05) is 75.5 Å². The lowest BCUT2D eigenvalue weighted by molar-refractivity contribution is -0.321. The van der Waals surface area contributed by atoms with Crippen molar-refractivity contribution in [1.82, 2.24) is 5.32 Å². The van der Waals surface area contributed by atoms with Gasteiger partial charge in [0.15, 0.2) is 17.2 Å². The first-order chi connectivity index (χ1) is 45.1. The molecule has 11 unspecified atom stereocenters. The van der Waals surface area contributed by atoms with Gasteiger partial charge in [0.25, 0.3) is 0 Å². The summed E-state index contributed by atoms with van der Waals surface area (Å²) in [6.07, 6.45) is 7.99. The molecule has 0 saturated carbocycles. The van der Waals surface area contributed by atoms with Crippen molar-refractivity contribution in [2.75, 3.05) is 33.0 Å². The standard InChI is InChI=1S/C66H103NO27S2/c1-40(16-10-9-14-30-84-56(74)18-12-8-11-17-55(73)67-37-46(68)34-50(70)60(94-96(81,82)83)51(71)39-87-95(78,79)80)38-85-62(76)63(7,77)36-48-21-22-54(72)66(90-48)35-41(2)32-53(91-66)42(3)19-20-47-24-28-65(89-47)29-25-52-61(93-65)57(75)45(6)59(88-52)49(69)33-44(5)58-43(4)23-27-64(92-58)26-13-15-31-86-64/h8-10,12,16,19-20,35,42-44,46-54,57-61,68-72,75,77H,6,11,13-15,17-18,21-34,36-39H2,1-5,7H3,(H,67,73)(H,78,79,80)(H,81,82,83)/b10-9+,12-8+,20-19+,40-16+/t42?,43-,44+,46?,47?,48?,49+,50?,51?,52?,53+,54-,57-,58?,59+,60?,61?,63-,64+,65?,66-/m1/s1. The Balaban J connectivity index is 0.770. The molecule has 10 N–H and O–H groups in total. The Hall–Kier alpha value is -3.97. The molecule has 7 heterocycles. The third-order valence-electron chi connectivity index (χ3n) is 18.9. The molecule has 0 aliphatic carbocycles. The number of aliphatic hydroxyl groups is 7. The highest BCUT2D eigenvalue weighted by atomic mass is 32.3. The molecule has 0 bridgehead atoms. The average Bonchev–Trinajstić information content (AvgIpc) is 1.28. The lowest BCUT2D eigenvalue weighted by Gasteiger charge is -2.50. The van der Waals surface area contributed by atoms with Crippen LogP contribution in [0.25, 0.3) is 0 Å². The molecule has 546 valence electrons. The van der Waals surface area contributed by atoms with Gasteiger partial charge in [-0.3, -0.25) is 18.7 Å². The van der Waals surface area contributed by atoms with Gasteiger partial charge in [-0.25, -0.2) is 13.2 Å². The van der Waals surface area contributed by atoms with E-state index in [-0.39, 0.29) is 69.4 Å². The summed E-state index contributed by atoms with van der Waals surface area (Å²) in [7, 11) is -10.4. The van der Waals surface area contributed by atoms with Gasteiger partial charge < -0.3 is 83.7 Å². The van der Waals surface area contributed by atoms with Crippen LogP contribution in [0.15, 0.2) is 71.9 Å². The van der Waals surface area contributed by atoms with E-state index in [0.29, 0.717) is 75.0 Å². The molecular weight excluding hydrogens is 1300 g/mol. The van der Waals surface area contributed by atoms with Crippen LogP contribution in [0.4, 0.5) is 0 Å². The highest BCUT2D eigenvalue weighted by molar-refractivity contribution is 7.81. The number of aliphatic hydroxyl groups excluding tert-OH is 6. The van der Waals surface area contributed by atoms with Crippen molar-refractivity contribution in [3.63, 3.8) is 0 Å². The average molecular weight is 1410 g/mol. The first-order valence-corrected chi connectivity index (χ1v) is 36.2. The van der Waals surface area contributed by atoms with Gasteiger partial charge in [0.2, 0.25) is 11.7 Å². The maximum atomic E-state index is 13.3. The molecule has 6 saturated heterocycles. The Morgan fingerprint density at radius 2 is 1.60 bits per heavy atom. The molecule has 0 aromatic rings. The molecule has 30 heteroatoms. The zero-order valence-electron chi connectivity index (χ0n) is 55.8. The molecule has 0 aromatic carbocycles. The minimum absolute atomic E-state index is 0.0130. The van der Waals surface area contributed by atoms with E-state index in [2.05, 4.69) is 34.1 Å². The Morgan fingerprint density at radius 3 is 2.32 bits per heavy atom. The van der Waals surface area contributed by atoms with Crippen molar-refractivity contribution in [1.29, 1.82) is 0 Å². The first kappa shape index (κ1) is 79.4. The van der Waals surface area contributed by atoms with Crippen LogP contribution in [0.1, 0.15) is 164 Å². The predicted octanol–water partition coefficient (Wildman–Crippen LogP) is 4.43. The molecule has 0 aromatic heterocycles. The van der Waals surface area contributed by atoms with Crippen molar-refractivity contribution >= 4 is 38.6 Å². The molecule has 7 aliphatic rings. The van der Waals surface area contributed by atoms with Crippen molar-refractivity contribution < 1.29 is 127 Å². The molecule has 1 amide bonds. The van der Waals surface area contributed by atoms with E-state index in [1.54, 1.807) is 37.3 Å². The van der Waals surface area contributed by atoms with Crippen molar-refractivity contribution in [2.24, 2.45) is 17.8 Å². The van der Waals surface area contributed by atoms with Crippen LogP contribution in [0.2, 0.25) is 0 Å². The highest BCUT2D eigenvalue weighted by Crippen LogP contribution is 2.48. The van der Waals surface area contributed by atoms with Crippen LogP contribution < -0.4 is 5.32 Å². The van der Waals surface area contributed by atoms with E-state index in [4.69, 9.17) is 51.7 Å². The summed E-state index contributed by atoms with van der Waals surface area (Å²) in [4.78, 5) is 37.8. The van der Waals surface area contributed by atoms with Crippen LogP contribution in [-0.2, 0) is 86.2 Å². The van der Waals surface area contributed by atoms with Crippen molar-refractivity contribution in [3.05, 3.63) is 71.9 Å². The molecule has 6 fully saturated rings. The number of allylic oxidation sites excluding steroid dienone is 3. The van der Waals surface area contributed by atoms with E-state index in [0.717, 1.165) is 37.7 Å². The van der Waals surface area contributed by atoms with Crippen LogP contribution >= 0.6 is 0 Å². The molecule has 96 heavy (non-hydrogen) atoms. The minimum atomic E-state index is -5.30. The van der Waals surface area contributed by atoms with Gasteiger partial charge in [-0.2, -0.15) is 16.8 Å². The third kappa shape index (κ3) is 23.3. The number of hydrogen-bond donors (Lipinski definition) is 10. The quantitative estimate of drug-likeness (QED) is 0.0146. The van der Waals surface area contributed by atoms with E-state index < -0.39 is 154 Å². The number of carbonyl (C=O) groups is 3. The summed E-state index contributed by atoms with van der Waals surface area (Å²) in [5, 5.41) is 79.1. The Morgan fingerprint density at radius 1 is 0.865 bits per heavy atom. The van der Waals surface area contributed by atoms with E-state index in [1.165, 1.54) is 13.0 Å². The van der Waals surface area contributed by atoms with Gasteiger partial charge in [-0.15, -0.1) is 0 Å². The summed E-state index contributed by atoms with van der Waals surface area (Å²) < 4.78 is 126. The number of fused-ring (bicyclic) bond motifs is 1. The number of amides is 1. The molecule has 0 radical (unpaired) electrons. The predicted molar refractivity (Wildman–Crippen MR) is 342 cm³/mol. The zero-order valence-corrected chi connectivity index (χ0v) is 57.4. The Kier molecular flexibility index (Phi) is 29.0. The monoisotopic (exact) mass is 1410 g/mol. The molecule has 3 spiro atoms. The highest BCUT2D eigenvalue weighted by Gasteiger charge is 2.55. The lowest BCUT2D eigenvalue weighted by atomic mass is 9.79. The fraction of sp³-hybridized carbons (Fsp3) is 0.773. The normalized spacial score (nSPS) is 33.7. The van der Waals surface area contributed by atoms with Crippen LogP contribution in [0, 0.1) is 17.8 Å². The van der Waals surface area contributed by atoms with E-state index in [9.17, 15) is 67.0 Å². The molecule has 7 rings (SSSR count). The number of rotatable bonds is 32. The maximum absolute atomic E-state index is 13.3. The first-order valence-electron chi connectivity index (χ1n) is 33.5. The summed E-state index contributed by atoms with van der Waals surface area (Å²) in [6, 6.07) is 0. The van der Waals surface area contributed by atoms with Crippen LogP contribution in [0.3, 0.4) is 0 Å². The third-order valence-corrected chi connectivity index (χ3v) is 19.8. The fourth-order valence-corrected chi connectivity index (χ4v) is 14.5. The number of hydrogen-bond acceptors (Lipinski definition) is 25. The Labute approximate surface area is 563 Å². The van der Waals surface area contributed by atoms with Gasteiger partial charge >= 0.3 is 32.7 Å². The number of nitrogens with one attached hydrogen (secondary N) is 1. The smallest absolute Gasteiger partial charge is 0.397 e. The SMILES string of the molecule is C=C1[C@@H](O)C2OC3(CCC(/C=C/C(C)[C@@H]4CC(C)=C[C@@]5(OC(C[C@@](C)(O)C(=O)OC/C(C)=C/C=C/CCOC(=O)C/C=C/CCC(=O)NCC(O)CC(O)C(OS(=O)(=O)O)C(O)COS(=O)(=O)O)CC[C@H]5O)O4)O3)CCC2O[C@@H]1[C@@H](O)C[C@H](C)C1O[C@@]2(CCCCO2)CC[C@H]1C.